The number of hydrogen-bond donors (Lipinski definition) is 0. The highest BCUT2D eigenvalue weighted by Crippen LogP contribution is 2.37. The fourth-order valence-electron chi connectivity index (χ4n) is 3.61. The van der Waals surface area contributed by atoms with Crippen LogP contribution in [0.2, 0.25) is 0 Å². The summed E-state index contributed by atoms with van der Waals surface area (Å²) in [4.78, 5) is 14.8. The van der Waals surface area contributed by atoms with Crippen LogP contribution in [0.3, 0.4) is 0 Å². The maximum atomic E-state index is 12.6. The lowest BCUT2D eigenvalue weighted by Crippen LogP contribution is -2.46. The number of alkyl halides is 1. The molecule has 0 spiro atoms. The standard InChI is InChI=1S/C16H20ClNO/c17-11-12-6-8-14(9-7-12)16(19)18-10-2-4-13-3-1-5-15(13)18/h6-9,13,15H,1-5,10-11H2. The van der Waals surface area contributed by atoms with Crippen LogP contribution in [0.15, 0.2) is 24.3 Å². The van der Waals surface area contributed by atoms with E-state index in [1.54, 1.807) is 0 Å². The Balaban J connectivity index is 1.78. The molecule has 1 aliphatic heterocycles. The molecule has 0 bridgehead atoms. The predicted octanol–water partition coefficient (Wildman–Crippen LogP) is 3.83. The van der Waals surface area contributed by atoms with Crippen molar-refractivity contribution in [3.8, 4) is 0 Å². The van der Waals surface area contributed by atoms with Gasteiger partial charge >= 0.3 is 0 Å². The first kappa shape index (κ1) is 13.0. The molecule has 0 N–H and O–H groups in total. The van der Waals surface area contributed by atoms with Crippen LogP contribution in [0.1, 0.15) is 48.0 Å². The van der Waals surface area contributed by atoms with Crippen molar-refractivity contribution in [1.82, 2.24) is 4.90 Å². The average Bonchev–Trinajstić information content (AvgIpc) is 2.95. The third kappa shape index (κ3) is 2.51. The van der Waals surface area contributed by atoms with Crippen molar-refractivity contribution < 1.29 is 4.79 Å². The second kappa shape index (κ2) is 5.54. The van der Waals surface area contributed by atoms with Gasteiger partial charge in [-0.05, 0) is 49.3 Å². The lowest BCUT2D eigenvalue weighted by molar-refractivity contribution is 0.0548. The van der Waals surface area contributed by atoms with Gasteiger partial charge in [0.1, 0.15) is 0 Å². The number of halogens is 1. The fourth-order valence-corrected chi connectivity index (χ4v) is 3.79. The summed E-state index contributed by atoms with van der Waals surface area (Å²) in [6, 6.07) is 8.23. The Morgan fingerprint density at radius 3 is 2.63 bits per heavy atom. The fraction of sp³-hybridized carbons (Fsp3) is 0.562. The van der Waals surface area contributed by atoms with E-state index in [0.717, 1.165) is 30.0 Å². The summed E-state index contributed by atoms with van der Waals surface area (Å²) < 4.78 is 0. The molecule has 102 valence electrons. The molecule has 0 aromatic heterocycles. The van der Waals surface area contributed by atoms with Crippen LogP contribution in [0.4, 0.5) is 0 Å². The summed E-state index contributed by atoms with van der Waals surface area (Å²) in [7, 11) is 0. The second-order valence-corrected chi connectivity index (χ2v) is 6.00. The number of piperidine rings is 1. The number of carbonyl (C=O) groups excluding carboxylic acids is 1. The van der Waals surface area contributed by atoms with E-state index in [4.69, 9.17) is 11.6 Å². The van der Waals surface area contributed by atoms with Crippen molar-refractivity contribution >= 4 is 17.5 Å². The van der Waals surface area contributed by atoms with E-state index >= 15 is 0 Å². The minimum absolute atomic E-state index is 0.206. The molecule has 1 heterocycles. The number of likely N-dealkylation sites (tertiary alicyclic amines) is 1. The molecule has 0 radical (unpaired) electrons. The molecular weight excluding hydrogens is 258 g/mol. The molecule has 2 fully saturated rings. The largest absolute Gasteiger partial charge is 0.335 e. The van der Waals surface area contributed by atoms with E-state index in [-0.39, 0.29) is 5.91 Å². The maximum absolute atomic E-state index is 12.6. The summed E-state index contributed by atoms with van der Waals surface area (Å²) >= 11 is 5.79. The van der Waals surface area contributed by atoms with Crippen molar-refractivity contribution in [2.75, 3.05) is 6.54 Å². The lowest BCUT2D eigenvalue weighted by Gasteiger charge is -2.37. The zero-order valence-electron chi connectivity index (χ0n) is 11.1. The van der Waals surface area contributed by atoms with E-state index in [1.807, 2.05) is 24.3 Å². The molecule has 2 aliphatic rings. The maximum Gasteiger partial charge on any atom is 0.254 e. The Hall–Kier alpha value is -1.02. The van der Waals surface area contributed by atoms with Gasteiger partial charge in [0.25, 0.3) is 5.91 Å². The van der Waals surface area contributed by atoms with E-state index in [2.05, 4.69) is 4.90 Å². The molecule has 1 aliphatic carbocycles. The highest BCUT2D eigenvalue weighted by atomic mass is 35.5. The van der Waals surface area contributed by atoms with Crippen LogP contribution < -0.4 is 0 Å². The normalized spacial score (nSPS) is 26.3. The van der Waals surface area contributed by atoms with Crippen LogP contribution in [0.5, 0.6) is 0 Å². The number of carbonyl (C=O) groups is 1. The molecule has 1 aromatic rings. The summed E-state index contributed by atoms with van der Waals surface area (Å²) in [5, 5.41) is 0. The van der Waals surface area contributed by atoms with Crippen molar-refractivity contribution in [1.29, 1.82) is 0 Å². The highest BCUT2D eigenvalue weighted by molar-refractivity contribution is 6.17. The molecule has 2 atom stereocenters. The SMILES string of the molecule is O=C(c1ccc(CCl)cc1)N1CCCC2CCCC21. The zero-order valence-corrected chi connectivity index (χ0v) is 11.9. The van der Waals surface area contributed by atoms with Gasteiger partial charge in [0, 0.05) is 24.0 Å². The Bertz CT molecular complexity index is 456. The smallest absolute Gasteiger partial charge is 0.254 e. The quantitative estimate of drug-likeness (QED) is 0.753. The summed E-state index contributed by atoms with van der Waals surface area (Å²) in [5.41, 5.74) is 1.87. The second-order valence-electron chi connectivity index (χ2n) is 5.73. The molecular formula is C16H20ClNO. The number of hydrogen-bond acceptors (Lipinski definition) is 1. The van der Waals surface area contributed by atoms with Gasteiger partial charge < -0.3 is 4.90 Å². The average molecular weight is 278 g/mol. The Morgan fingerprint density at radius 1 is 1.16 bits per heavy atom. The monoisotopic (exact) mass is 277 g/mol. The summed E-state index contributed by atoms with van der Waals surface area (Å²) in [5.74, 6) is 1.46. The van der Waals surface area contributed by atoms with Gasteiger partial charge in [-0.25, -0.2) is 0 Å². The number of amides is 1. The van der Waals surface area contributed by atoms with Crippen molar-refractivity contribution in [2.24, 2.45) is 5.92 Å². The summed E-state index contributed by atoms with van der Waals surface area (Å²) in [6.45, 7) is 0.928. The minimum Gasteiger partial charge on any atom is -0.335 e. The zero-order chi connectivity index (χ0) is 13.2. The van der Waals surface area contributed by atoms with Crippen molar-refractivity contribution in [3.63, 3.8) is 0 Å². The third-order valence-electron chi connectivity index (χ3n) is 4.61. The van der Waals surface area contributed by atoms with E-state index < -0.39 is 0 Å². The first-order valence-corrected chi connectivity index (χ1v) is 7.79. The van der Waals surface area contributed by atoms with Crippen LogP contribution in [-0.4, -0.2) is 23.4 Å². The van der Waals surface area contributed by atoms with Gasteiger partial charge in [0.15, 0.2) is 0 Å². The molecule has 3 heteroatoms. The first-order chi connectivity index (χ1) is 9.29. The third-order valence-corrected chi connectivity index (χ3v) is 4.92. The van der Waals surface area contributed by atoms with E-state index in [1.165, 1.54) is 25.7 Å². The van der Waals surface area contributed by atoms with Crippen LogP contribution in [-0.2, 0) is 5.88 Å². The minimum atomic E-state index is 0.206. The van der Waals surface area contributed by atoms with Crippen LogP contribution in [0.25, 0.3) is 0 Å². The van der Waals surface area contributed by atoms with Crippen LogP contribution in [0, 0.1) is 5.92 Å². The molecule has 3 rings (SSSR count). The first-order valence-electron chi connectivity index (χ1n) is 7.25. The Kier molecular flexibility index (Phi) is 3.79. The molecule has 1 saturated carbocycles. The van der Waals surface area contributed by atoms with E-state index in [0.29, 0.717) is 11.9 Å². The number of rotatable bonds is 2. The summed E-state index contributed by atoms with van der Waals surface area (Å²) in [6.07, 6.45) is 6.24. The lowest BCUT2D eigenvalue weighted by atomic mass is 9.91. The molecule has 1 aromatic carbocycles. The van der Waals surface area contributed by atoms with Crippen molar-refractivity contribution in [3.05, 3.63) is 35.4 Å². The predicted molar refractivity (Wildman–Crippen MR) is 77.4 cm³/mol. The molecule has 1 amide bonds. The molecule has 1 saturated heterocycles. The van der Waals surface area contributed by atoms with Gasteiger partial charge in [-0.3, -0.25) is 4.79 Å². The van der Waals surface area contributed by atoms with Crippen LogP contribution >= 0.6 is 11.6 Å². The topological polar surface area (TPSA) is 20.3 Å². The molecule has 19 heavy (non-hydrogen) atoms. The van der Waals surface area contributed by atoms with Gasteiger partial charge in [-0.15, -0.1) is 11.6 Å². The van der Waals surface area contributed by atoms with Gasteiger partial charge in [0.05, 0.1) is 0 Å². The highest BCUT2D eigenvalue weighted by Gasteiger charge is 2.37. The van der Waals surface area contributed by atoms with Gasteiger partial charge in [-0.1, -0.05) is 18.6 Å². The number of fused-ring (bicyclic) bond motifs is 1. The van der Waals surface area contributed by atoms with Gasteiger partial charge in [-0.2, -0.15) is 0 Å². The molecule has 2 unspecified atom stereocenters. The Morgan fingerprint density at radius 2 is 1.89 bits per heavy atom. The number of nitrogens with zero attached hydrogens (tertiary/aromatic N) is 1. The van der Waals surface area contributed by atoms with E-state index in [9.17, 15) is 4.79 Å². The Labute approximate surface area is 119 Å². The molecule has 2 nitrogen and oxygen atoms in total. The van der Waals surface area contributed by atoms with Crippen molar-refractivity contribution in [2.45, 2.75) is 44.0 Å². The van der Waals surface area contributed by atoms with Gasteiger partial charge in [0.2, 0.25) is 0 Å². The number of benzene rings is 1.